The van der Waals surface area contributed by atoms with Crippen molar-refractivity contribution in [1.82, 2.24) is 4.57 Å². The molecule has 40 heavy (non-hydrogen) atoms. The van der Waals surface area contributed by atoms with E-state index in [1.807, 2.05) is 53.1 Å². The van der Waals surface area contributed by atoms with Gasteiger partial charge in [0.05, 0.1) is 17.0 Å². The first-order valence-electron chi connectivity index (χ1n) is 13.1. The van der Waals surface area contributed by atoms with Crippen molar-refractivity contribution in [2.45, 2.75) is 46.5 Å². The number of fused-ring (bicyclic) bond motifs is 2. The van der Waals surface area contributed by atoms with Crippen molar-refractivity contribution in [1.29, 1.82) is 0 Å². The van der Waals surface area contributed by atoms with Crippen LogP contribution >= 0.6 is 23.2 Å². The minimum absolute atomic E-state index is 0.00343. The van der Waals surface area contributed by atoms with E-state index in [0.717, 1.165) is 11.3 Å². The maximum atomic E-state index is 14.2. The zero-order valence-electron chi connectivity index (χ0n) is 22.8. The molecule has 2 aliphatic rings. The number of hydrogen-bond acceptors (Lipinski definition) is 4. The van der Waals surface area contributed by atoms with E-state index in [-0.39, 0.29) is 22.4 Å². The molecule has 1 aliphatic carbocycles. The van der Waals surface area contributed by atoms with Crippen LogP contribution in [0.3, 0.4) is 0 Å². The number of pyridine rings is 1. The first-order valence-corrected chi connectivity index (χ1v) is 13.8. The van der Waals surface area contributed by atoms with Gasteiger partial charge in [-0.05, 0) is 67.3 Å². The number of para-hydroxylation sites is 1. The largest absolute Gasteiger partial charge is 0.444 e. The number of ether oxygens (including phenoxy) is 1. The Bertz CT molecular complexity index is 1730. The normalized spacial score (nSPS) is 17.4. The predicted octanol–water partition coefficient (Wildman–Crippen LogP) is 8.06. The van der Waals surface area contributed by atoms with Gasteiger partial charge in [-0.3, -0.25) is 14.2 Å². The van der Waals surface area contributed by atoms with E-state index in [2.05, 4.69) is 13.8 Å². The second-order valence-electron chi connectivity index (χ2n) is 11.2. The Morgan fingerprint density at radius 2 is 1.52 bits per heavy atom. The Kier molecular flexibility index (Phi) is 7.47. The lowest BCUT2D eigenvalue weighted by Crippen LogP contribution is -2.36. The van der Waals surface area contributed by atoms with Crippen LogP contribution in [0, 0.1) is 5.41 Å². The van der Waals surface area contributed by atoms with Crippen LogP contribution in [0.4, 0.5) is 0 Å². The molecule has 0 saturated carbocycles. The number of hydrogen-bond donors (Lipinski definition) is 0. The Hall–Kier alpha value is -3.67. The molecule has 1 aromatic heterocycles. The molecule has 0 spiro atoms. The molecule has 1 aliphatic heterocycles. The molecule has 0 saturated heterocycles. The SMILES string of the molecule is CC(C)=O.CC1(C)CC(=O)C2=C(C1)Oc1c(c(=O)c3cc(Cl)ccc3n1-c1ccccc1)[C@H]2c1ccc(Cl)cc1. The van der Waals surface area contributed by atoms with E-state index >= 15 is 0 Å². The number of carbonyl (C=O) groups is 2. The van der Waals surface area contributed by atoms with Crippen molar-refractivity contribution in [3.8, 4) is 11.6 Å². The van der Waals surface area contributed by atoms with Crippen LogP contribution in [0.15, 0.2) is 88.9 Å². The third-order valence-corrected chi connectivity index (χ3v) is 7.50. The number of ketones is 2. The third-order valence-electron chi connectivity index (χ3n) is 7.02. The highest BCUT2D eigenvalue weighted by molar-refractivity contribution is 6.31. The van der Waals surface area contributed by atoms with Crippen molar-refractivity contribution in [3.63, 3.8) is 0 Å². The molecule has 3 aromatic carbocycles. The molecular formula is C33H29Cl2NO4. The van der Waals surface area contributed by atoms with Crippen LogP contribution in [-0.4, -0.2) is 16.1 Å². The van der Waals surface area contributed by atoms with Crippen molar-refractivity contribution in [3.05, 3.63) is 116 Å². The third kappa shape index (κ3) is 5.24. The number of rotatable bonds is 2. The zero-order valence-corrected chi connectivity index (χ0v) is 24.3. The van der Waals surface area contributed by atoms with Gasteiger partial charge in [-0.1, -0.05) is 67.4 Å². The lowest BCUT2D eigenvalue weighted by Gasteiger charge is -2.39. The van der Waals surface area contributed by atoms with Crippen LogP contribution in [0.1, 0.15) is 57.6 Å². The van der Waals surface area contributed by atoms with Crippen molar-refractivity contribution >= 4 is 45.7 Å². The average Bonchev–Trinajstić information content (AvgIpc) is 2.88. The fourth-order valence-electron chi connectivity index (χ4n) is 5.49. The highest BCUT2D eigenvalue weighted by Crippen LogP contribution is 2.50. The Morgan fingerprint density at radius 1 is 0.900 bits per heavy atom. The lowest BCUT2D eigenvalue weighted by atomic mass is 9.70. The minimum Gasteiger partial charge on any atom is -0.444 e. The fourth-order valence-corrected chi connectivity index (χ4v) is 5.78. The number of allylic oxidation sites excluding steroid dienone is 2. The number of nitrogens with zero attached hydrogens (tertiary/aromatic N) is 1. The van der Waals surface area contributed by atoms with E-state index in [0.29, 0.717) is 56.6 Å². The van der Waals surface area contributed by atoms with E-state index in [1.165, 1.54) is 13.8 Å². The number of aromatic nitrogens is 1. The van der Waals surface area contributed by atoms with E-state index < -0.39 is 5.92 Å². The zero-order chi connectivity index (χ0) is 28.8. The molecule has 0 N–H and O–H groups in total. The fraction of sp³-hybridized carbons (Fsp3) is 0.242. The standard InChI is InChI=1S/C30H23Cl2NO3.C3H6O/c1-30(2)15-23(34)26-24(16-30)36-29-27(25(26)17-8-10-18(31)11-9-17)28(35)21-14-19(32)12-13-22(21)33(29)20-6-4-3-5-7-20;1-3(2)4/h3-14,25H,15-16H2,1-2H3;1-2H3/t25-;/m0./s1. The second-order valence-corrected chi connectivity index (χ2v) is 12.0. The van der Waals surface area contributed by atoms with E-state index in [4.69, 9.17) is 27.9 Å². The summed E-state index contributed by atoms with van der Waals surface area (Å²) >= 11 is 12.6. The van der Waals surface area contributed by atoms with Gasteiger partial charge >= 0.3 is 0 Å². The maximum absolute atomic E-state index is 14.2. The quantitative estimate of drug-likeness (QED) is 0.243. The summed E-state index contributed by atoms with van der Waals surface area (Å²) in [7, 11) is 0. The van der Waals surface area contributed by atoms with E-state index in [9.17, 15) is 14.4 Å². The molecule has 0 amide bonds. The first-order chi connectivity index (χ1) is 19.0. The molecule has 5 nitrogen and oxygen atoms in total. The van der Waals surface area contributed by atoms with Gasteiger partial charge < -0.3 is 9.53 Å². The summed E-state index contributed by atoms with van der Waals surface area (Å²) in [6.07, 6.45) is 0.986. The molecule has 4 aromatic rings. The monoisotopic (exact) mass is 573 g/mol. The molecular weight excluding hydrogens is 545 g/mol. The van der Waals surface area contributed by atoms with Crippen LogP contribution in [0.2, 0.25) is 10.0 Å². The molecule has 0 radical (unpaired) electrons. The number of carbonyl (C=O) groups excluding carboxylic acids is 2. The van der Waals surface area contributed by atoms with Crippen LogP contribution in [0.25, 0.3) is 16.6 Å². The molecule has 0 bridgehead atoms. The Morgan fingerprint density at radius 3 is 2.17 bits per heavy atom. The molecule has 1 atom stereocenters. The lowest BCUT2D eigenvalue weighted by molar-refractivity contribution is -0.119. The summed E-state index contributed by atoms with van der Waals surface area (Å²) in [5, 5.41) is 1.53. The van der Waals surface area contributed by atoms with Gasteiger partial charge in [-0.15, -0.1) is 0 Å². The van der Waals surface area contributed by atoms with Crippen LogP contribution in [-0.2, 0) is 9.59 Å². The molecule has 2 heterocycles. The van der Waals surface area contributed by atoms with Crippen molar-refractivity contribution < 1.29 is 14.3 Å². The average molecular weight is 575 g/mol. The number of benzene rings is 3. The maximum Gasteiger partial charge on any atom is 0.212 e. The van der Waals surface area contributed by atoms with Gasteiger partial charge in [0, 0.05) is 39.5 Å². The van der Waals surface area contributed by atoms with E-state index in [1.54, 1.807) is 24.3 Å². The van der Waals surface area contributed by atoms with Gasteiger partial charge in [0.1, 0.15) is 11.5 Å². The predicted molar refractivity (Wildman–Crippen MR) is 160 cm³/mol. The second kappa shape index (κ2) is 10.7. The highest BCUT2D eigenvalue weighted by Gasteiger charge is 2.44. The summed E-state index contributed by atoms with van der Waals surface area (Å²) in [5.41, 5.74) is 2.91. The molecule has 7 heteroatoms. The first kappa shape index (κ1) is 27.9. The molecule has 0 unspecified atom stereocenters. The Balaban J connectivity index is 0.000000758. The molecule has 0 fully saturated rings. The van der Waals surface area contributed by atoms with Crippen LogP contribution in [0.5, 0.6) is 5.88 Å². The van der Waals surface area contributed by atoms with Crippen LogP contribution < -0.4 is 10.2 Å². The van der Waals surface area contributed by atoms with Crippen molar-refractivity contribution in [2.24, 2.45) is 5.41 Å². The molecule has 6 rings (SSSR count). The van der Waals surface area contributed by atoms with Gasteiger partial charge in [-0.25, -0.2) is 0 Å². The van der Waals surface area contributed by atoms with Gasteiger partial charge in [0.25, 0.3) is 0 Å². The smallest absolute Gasteiger partial charge is 0.212 e. The summed E-state index contributed by atoms with van der Waals surface area (Å²) < 4.78 is 8.54. The highest BCUT2D eigenvalue weighted by atomic mass is 35.5. The van der Waals surface area contributed by atoms with Gasteiger partial charge in [0.15, 0.2) is 11.2 Å². The van der Waals surface area contributed by atoms with Crippen molar-refractivity contribution in [2.75, 3.05) is 0 Å². The minimum atomic E-state index is -0.574. The topological polar surface area (TPSA) is 65.4 Å². The number of halogens is 2. The van der Waals surface area contributed by atoms with Gasteiger partial charge in [0.2, 0.25) is 5.88 Å². The summed E-state index contributed by atoms with van der Waals surface area (Å²) in [5.74, 6) is 0.658. The summed E-state index contributed by atoms with van der Waals surface area (Å²) in [6, 6.07) is 22.4. The summed E-state index contributed by atoms with van der Waals surface area (Å²) in [4.78, 5) is 37.2. The molecule has 204 valence electrons. The van der Waals surface area contributed by atoms with Gasteiger partial charge in [-0.2, -0.15) is 0 Å². The number of Topliss-reactive ketones (excluding diaryl/α,β-unsaturated/α-hetero) is 2. The summed E-state index contributed by atoms with van der Waals surface area (Å²) in [6.45, 7) is 7.19. The Labute approximate surface area is 243 Å².